The number of H-pyrrole nitrogens is 1. The van der Waals surface area contributed by atoms with Crippen LogP contribution in [0, 0.1) is 0 Å². The van der Waals surface area contributed by atoms with E-state index < -0.39 is 0 Å². The summed E-state index contributed by atoms with van der Waals surface area (Å²) in [5.74, 6) is 1.24. The van der Waals surface area contributed by atoms with Gasteiger partial charge in [0.05, 0.1) is 18.0 Å². The van der Waals surface area contributed by atoms with E-state index in [1.807, 2.05) is 26.1 Å². The van der Waals surface area contributed by atoms with Gasteiger partial charge in [0.15, 0.2) is 0 Å². The molecular weight excluding hydrogens is 348 g/mol. The SMILES string of the molecule is CC(C)Oc1ccc(N[C@@H]2CC3c4cccc5[nH]cc(c45)C[C@H]3N(C)C2)cn1. The standard InChI is InChI=1S/C23H28N4O/c1-14(2)28-22-8-7-16(12-25-22)26-17-10-19-18-5-4-6-20-23(18)15(11-24-20)9-21(19)27(3)13-17/h4-8,11-12,14,17,19,21,24,26H,9-10,13H2,1-3H3/t17-,19?,21-/m1/s1. The third kappa shape index (κ3) is 3.04. The predicted molar refractivity (Wildman–Crippen MR) is 113 cm³/mol. The third-order valence-corrected chi connectivity index (χ3v) is 6.19. The van der Waals surface area contributed by atoms with Gasteiger partial charge in [0.2, 0.25) is 5.88 Å². The van der Waals surface area contributed by atoms with Crippen molar-refractivity contribution in [3.05, 3.63) is 53.9 Å². The Balaban J connectivity index is 1.37. The van der Waals surface area contributed by atoms with Crippen molar-refractivity contribution < 1.29 is 4.74 Å². The summed E-state index contributed by atoms with van der Waals surface area (Å²) in [5, 5.41) is 5.16. The molecule has 5 heteroatoms. The van der Waals surface area contributed by atoms with Crippen LogP contribution in [0.15, 0.2) is 42.7 Å². The number of aromatic amines is 1. The molecule has 28 heavy (non-hydrogen) atoms. The number of rotatable bonds is 4. The van der Waals surface area contributed by atoms with Crippen LogP contribution in [0.3, 0.4) is 0 Å². The van der Waals surface area contributed by atoms with Gasteiger partial charge in [-0.25, -0.2) is 4.98 Å². The van der Waals surface area contributed by atoms with Gasteiger partial charge in [0, 0.05) is 47.7 Å². The molecule has 0 spiro atoms. The molecule has 1 aliphatic heterocycles. The van der Waals surface area contributed by atoms with E-state index in [1.54, 1.807) is 0 Å². The molecule has 5 nitrogen and oxygen atoms in total. The average Bonchev–Trinajstić information content (AvgIpc) is 3.08. The van der Waals surface area contributed by atoms with E-state index in [4.69, 9.17) is 4.74 Å². The lowest BCUT2D eigenvalue weighted by atomic mass is 9.74. The molecule has 1 aliphatic carbocycles. The zero-order valence-corrected chi connectivity index (χ0v) is 16.8. The van der Waals surface area contributed by atoms with Crippen molar-refractivity contribution in [2.24, 2.45) is 0 Å². The Labute approximate surface area is 166 Å². The molecule has 0 amide bonds. The van der Waals surface area contributed by atoms with E-state index in [2.05, 4.69) is 57.7 Å². The molecular formula is C23H28N4O. The number of aromatic nitrogens is 2. The minimum absolute atomic E-state index is 0.141. The van der Waals surface area contributed by atoms with E-state index in [-0.39, 0.29) is 6.10 Å². The summed E-state index contributed by atoms with van der Waals surface area (Å²) >= 11 is 0. The second kappa shape index (κ2) is 6.82. The summed E-state index contributed by atoms with van der Waals surface area (Å²) in [4.78, 5) is 10.4. The zero-order chi connectivity index (χ0) is 19.3. The molecule has 3 heterocycles. The fourth-order valence-corrected chi connectivity index (χ4v) is 5.06. The highest BCUT2D eigenvalue weighted by molar-refractivity contribution is 5.88. The number of hydrogen-bond acceptors (Lipinski definition) is 4. The second-order valence-corrected chi connectivity index (χ2v) is 8.53. The van der Waals surface area contributed by atoms with Crippen LogP contribution < -0.4 is 10.1 Å². The smallest absolute Gasteiger partial charge is 0.213 e. The van der Waals surface area contributed by atoms with Gasteiger partial charge in [-0.1, -0.05) is 12.1 Å². The maximum Gasteiger partial charge on any atom is 0.213 e. The normalized spacial score (nSPS) is 24.4. The lowest BCUT2D eigenvalue weighted by Gasteiger charge is -2.45. The van der Waals surface area contributed by atoms with E-state index in [0.29, 0.717) is 23.9 Å². The number of likely N-dealkylation sites (N-methyl/N-ethyl adjacent to an activating group) is 1. The maximum absolute atomic E-state index is 5.65. The first-order valence-electron chi connectivity index (χ1n) is 10.3. The Morgan fingerprint density at radius 3 is 2.93 bits per heavy atom. The molecule has 0 saturated carbocycles. The first kappa shape index (κ1) is 17.6. The molecule has 5 rings (SSSR count). The van der Waals surface area contributed by atoms with Gasteiger partial charge in [0.25, 0.3) is 0 Å². The van der Waals surface area contributed by atoms with Gasteiger partial charge in [-0.3, -0.25) is 0 Å². The number of anilines is 1. The minimum Gasteiger partial charge on any atom is -0.475 e. The lowest BCUT2D eigenvalue weighted by Crippen LogP contribution is -2.51. The van der Waals surface area contributed by atoms with Crippen LogP contribution in [-0.2, 0) is 6.42 Å². The molecule has 2 N–H and O–H groups in total. The topological polar surface area (TPSA) is 53.2 Å². The van der Waals surface area contributed by atoms with Gasteiger partial charge < -0.3 is 19.9 Å². The third-order valence-electron chi connectivity index (χ3n) is 6.19. The summed E-state index contributed by atoms with van der Waals surface area (Å²) in [6.07, 6.45) is 6.50. The van der Waals surface area contributed by atoms with Gasteiger partial charge in [0.1, 0.15) is 0 Å². The zero-order valence-electron chi connectivity index (χ0n) is 16.8. The first-order chi connectivity index (χ1) is 13.6. The van der Waals surface area contributed by atoms with Crippen LogP contribution in [0.1, 0.15) is 37.3 Å². The molecule has 1 saturated heterocycles. The molecule has 3 atom stereocenters. The molecule has 0 radical (unpaired) electrons. The van der Waals surface area contributed by atoms with E-state index >= 15 is 0 Å². The number of benzene rings is 1. The average molecular weight is 377 g/mol. The summed E-state index contributed by atoms with van der Waals surface area (Å²) in [5.41, 5.74) is 5.30. The molecule has 1 fully saturated rings. The van der Waals surface area contributed by atoms with Crippen molar-refractivity contribution in [3.8, 4) is 5.88 Å². The maximum atomic E-state index is 5.65. The molecule has 146 valence electrons. The Hall–Kier alpha value is -2.53. The Kier molecular flexibility index (Phi) is 4.27. The molecule has 2 aliphatic rings. The number of ether oxygens (including phenoxy) is 1. The summed E-state index contributed by atoms with van der Waals surface area (Å²) in [6, 6.07) is 11.7. The van der Waals surface area contributed by atoms with Crippen molar-refractivity contribution in [3.63, 3.8) is 0 Å². The summed E-state index contributed by atoms with van der Waals surface area (Å²) in [7, 11) is 2.26. The Bertz CT molecular complexity index is 978. The van der Waals surface area contributed by atoms with Crippen LogP contribution in [0.25, 0.3) is 10.9 Å². The van der Waals surface area contributed by atoms with Crippen LogP contribution in [-0.4, -0.2) is 46.6 Å². The van der Waals surface area contributed by atoms with Crippen LogP contribution >= 0.6 is 0 Å². The number of nitrogens with zero attached hydrogens (tertiary/aromatic N) is 2. The van der Waals surface area contributed by atoms with Crippen molar-refractivity contribution in [2.45, 2.75) is 50.8 Å². The summed E-state index contributed by atoms with van der Waals surface area (Å²) in [6.45, 7) is 5.08. The second-order valence-electron chi connectivity index (χ2n) is 8.53. The number of hydrogen-bond donors (Lipinski definition) is 2. The number of nitrogens with one attached hydrogen (secondary N) is 2. The highest BCUT2D eigenvalue weighted by Gasteiger charge is 2.39. The Morgan fingerprint density at radius 1 is 1.25 bits per heavy atom. The van der Waals surface area contributed by atoms with Gasteiger partial charge >= 0.3 is 0 Å². The fraction of sp³-hybridized carbons (Fsp3) is 0.435. The summed E-state index contributed by atoms with van der Waals surface area (Å²) < 4.78 is 5.65. The first-order valence-corrected chi connectivity index (χ1v) is 10.3. The highest BCUT2D eigenvalue weighted by Crippen LogP contribution is 2.43. The molecule has 1 aromatic carbocycles. The van der Waals surface area contributed by atoms with Crippen LogP contribution in [0.2, 0.25) is 0 Å². The minimum atomic E-state index is 0.141. The van der Waals surface area contributed by atoms with Gasteiger partial charge in [-0.15, -0.1) is 0 Å². The van der Waals surface area contributed by atoms with E-state index in [9.17, 15) is 0 Å². The number of fused-ring (bicyclic) bond motifs is 2. The molecule has 1 unspecified atom stereocenters. The van der Waals surface area contributed by atoms with Crippen LogP contribution in [0.4, 0.5) is 5.69 Å². The molecule has 2 aromatic heterocycles. The predicted octanol–water partition coefficient (Wildman–Crippen LogP) is 4.17. The molecule has 3 aromatic rings. The number of piperidine rings is 1. The van der Waals surface area contributed by atoms with Crippen molar-refractivity contribution in [2.75, 3.05) is 18.9 Å². The Morgan fingerprint density at radius 2 is 2.14 bits per heavy atom. The van der Waals surface area contributed by atoms with Gasteiger partial charge in [-0.2, -0.15) is 0 Å². The van der Waals surface area contributed by atoms with Crippen molar-refractivity contribution in [1.82, 2.24) is 14.9 Å². The van der Waals surface area contributed by atoms with E-state index in [1.165, 1.54) is 22.0 Å². The number of likely N-dealkylation sites (tertiary alicyclic amines) is 1. The quantitative estimate of drug-likeness (QED) is 0.717. The van der Waals surface area contributed by atoms with E-state index in [0.717, 1.165) is 25.1 Å². The highest BCUT2D eigenvalue weighted by atomic mass is 16.5. The largest absolute Gasteiger partial charge is 0.475 e. The van der Waals surface area contributed by atoms with Crippen molar-refractivity contribution in [1.29, 1.82) is 0 Å². The number of pyridine rings is 1. The van der Waals surface area contributed by atoms with Crippen LogP contribution in [0.5, 0.6) is 5.88 Å². The molecule has 0 bridgehead atoms. The van der Waals surface area contributed by atoms with Gasteiger partial charge in [-0.05, 0) is 57.0 Å². The monoisotopic (exact) mass is 376 g/mol. The van der Waals surface area contributed by atoms with Crippen molar-refractivity contribution >= 4 is 16.6 Å². The fourth-order valence-electron chi connectivity index (χ4n) is 5.06. The lowest BCUT2D eigenvalue weighted by molar-refractivity contribution is 0.147.